The van der Waals surface area contributed by atoms with E-state index in [0.29, 0.717) is 13.0 Å². The van der Waals surface area contributed by atoms with Crippen LogP contribution in [-0.2, 0) is 11.3 Å². The largest absolute Gasteiger partial charge is 0.352 e. The zero-order valence-corrected chi connectivity index (χ0v) is 11.5. The van der Waals surface area contributed by atoms with Crippen molar-refractivity contribution in [2.75, 3.05) is 19.8 Å². The first-order valence-corrected chi connectivity index (χ1v) is 6.94. The zero-order chi connectivity index (χ0) is 12.7. The Balaban J connectivity index is 2.54. The molecule has 3 nitrogen and oxygen atoms in total. The second kappa shape index (κ2) is 7.35. The molecule has 0 fully saturated rings. The molecule has 0 aromatic heterocycles. The summed E-state index contributed by atoms with van der Waals surface area (Å²) in [5.74, 6) is 0.0898. The Bertz CT molecular complexity index is 380. The number of carbonyl (C=O) groups is 1. The van der Waals surface area contributed by atoms with Gasteiger partial charge in [-0.3, -0.25) is 4.79 Å². The molecule has 4 heteroatoms. The van der Waals surface area contributed by atoms with Crippen molar-refractivity contribution in [1.82, 2.24) is 10.6 Å². The van der Waals surface area contributed by atoms with Crippen LogP contribution in [-0.4, -0.2) is 25.8 Å². The van der Waals surface area contributed by atoms with Crippen molar-refractivity contribution < 1.29 is 4.79 Å². The topological polar surface area (TPSA) is 41.1 Å². The molecule has 1 aromatic carbocycles. The molecule has 1 aromatic rings. The molecule has 1 amide bonds. The second-order valence-corrected chi connectivity index (χ2v) is 4.79. The lowest BCUT2D eigenvalue weighted by atomic mass is 10.1. The van der Waals surface area contributed by atoms with Crippen LogP contribution in [0.15, 0.2) is 23.1 Å². The van der Waals surface area contributed by atoms with Gasteiger partial charge in [0.25, 0.3) is 0 Å². The lowest BCUT2D eigenvalue weighted by Crippen LogP contribution is -2.26. The van der Waals surface area contributed by atoms with Crippen LogP contribution in [0.1, 0.15) is 17.5 Å². The molecule has 0 unspecified atom stereocenters. The maximum absolute atomic E-state index is 11.5. The molecule has 2 N–H and O–H groups in total. The minimum Gasteiger partial charge on any atom is -0.352 e. The molecule has 1 rings (SSSR count). The molecule has 0 aliphatic rings. The van der Waals surface area contributed by atoms with Crippen LogP contribution < -0.4 is 10.6 Å². The SMILES string of the molecule is CNCCC(=O)NCc1ccc(C)cc1SC. The molecule has 0 bridgehead atoms. The predicted molar refractivity (Wildman–Crippen MR) is 73.4 cm³/mol. The van der Waals surface area contributed by atoms with Gasteiger partial charge >= 0.3 is 0 Å². The summed E-state index contributed by atoms with van der Waals surface area (Å²) in [7, 11) is 1.85. The van der Waals surface area contributed by atoms with Crippen LogP contribution in [0.4, 0.5) is 0 Å². The van der Waals surface area contributed by atoms with Gasteiger partial charge in [-0.05, 0) is 37.4 Å². The first-order valence-electron chi connectivity index (χ1n) is 5.72. The highest BCUT2D eigenvalue weighted by Crippen LogP contribution is 2.21. The van der Waals surface area contributed by atoms with Crippen LogP contribution in [0.5, 0.6) is 0 Å². The first kappa shape index (κ1) is 14.1. The molecule has 0 saturated heterocycles. The number of carbonyl (C=O) groups excluding carboxylic acids is 1. The number of aryl methyl sites for hydroxylation is 1. The van der Waals surface area contributed by atoms with Crippen molar-refractivity contribution in [3.63, 3.8) is 0 Å². The number of rotatable bonds is 6. The number of benzene rings is 1. The molecule has 17 heavy (non-hydrogen) atoms. The van der Waals surface area contributed by atoms with Crippen molar-refractivity contribution in [2.24, 2.45) is 0 Å². The fourth-order valence-electron chi connectivity index (χ4n) is 1.52. The number of thioether (sulfide) groups is 1. The summed E-state index contributed by atoms with van der Waals surface area (Å²) in [6, 6.07) is 6.31. The van der Waals surface area contributed by atoms with Crippen LogP contribution in [0, 0.1) is 6.92 Å². The summed E-state index contributed by atoms with van der Waals surface area (Å²) in [5.41, 5.74) is 2.43. The van der Waals surface area contributed by atoms with Crippen molar-refractivity contribution in [3.05, 3.63) is 29.3 Å². The van der Waals surface area contributed by atoms with Gasteiger partial charge in [-0.2, -0.15) is 0 Å². The second-order valence-electron chi connectivity index (χ2n) is 3.95. The summed E-state index contributed by atoms with van der Waals surface area (Å²) in [4.78, 5) is 12.7. The van der Waals surface area contributed by atoms with E-state index in [0.717, 1.165) is 6.54 Å². The molecule has 0 aliphatic carbocycles. The Kier molecular flexibility index (Phi) is 6.08. The van der Waals surface area contributed by atoms with E-state index in [4.69, 9.17) is 0 Å². The van der Waals surface area contributed by atoms with Crippen molar-refractivity contribution in [2.45, 2.75) is 24.8 Å². The standard InChI is InChI=1S/C13H20N2OS/c1-10-4-5-11(12(8-10)17-3)9-15-13(16)6-7-14-2/h4-5,8,14H,6-7,9H2,1-3H3,(H,15,16). The van der Waals surface area contributed by atoms with E-state index in [1.165, 1.54) is 16.0 Å². The van der Waals surface area contributed by atoms with E-state index >= 15 is 0 Å². The van der Waals surface area contributed by atoms with Gasteiger partial charge < -0.3 is 10.6 Å². The first-order chi connectivity index (χ1) is 8.17. The van der Waals surface area contributed by atoms with E-state index in [1.54, 1.807) is 11.8 Å². The predicted octanol–water partition coefficient (Wildman–Crippen LogP) is 1.94. The maximum Gasteiger partial charge on any atom is 0.221 e. The monoisotopic (exact) mass is 252 g/mol. The molecule has 0 aliphatic heterocycles. The van der Waals surface area contributed by atoms with Gasteiger partial charge in [0, 0.05) is 24.4 Å². The van der Waals surface area contributed by atoms with Gasteiger partial charge in [-0.25, -0.2) is 0 Å². The number of hydrogen-bond donors (Lipinski definition) is 2. The van der Waals surface area contributed by atoms with E-state index in [-0.39, 0.29) is 5.91 Å². The van der Waals surface area contributed by atoms with Crippen LogP contribution in [0.2, 0.25) is 0 Å². The lowest BCUT2D eigenvalue weighted by molar-refractivity contribution is -0.121. The van der Waals surface area contributed by atoms with E-state index in [2.05, 4.69) is 42.0 Å². The fraction of sp³-hybridized carbons (Fsp3) is 0.462. The summed E-state index contributed by atoms with van der Waals surface area (Å²) >= 11 is 1.72. The summed E-state index contributed by atoms with van der Waals surface area (Å²) in [5, 5.41) is 5.90. The molecule has 0 radical (unpaired) electrons. The normalized spacial score (nSPS) is 10.3. The van der Waals surface area contributed by atoms with Gasteiger partial charge in [0.2, 0.25) is 5.91 Å². The Morgan fingerprint density at radius 1 is 1.41 bits per heavy atom. The van der Waals surface area contributed by atoms with Gasteiger partial charge in [-0.15, -0.1) is 11.8 Å². The highest BCUT2D eigenvalue weighted by molar-refractivity contribution is 7.98. The van der Waals surface area contributed by atoms with E-state index in [9.17, 15) is 4.79 Å². The minimum absolute atomic E-state index is 0.0898. The number of amides is 1. The number of hydrogen-bond acceptors (Lipinski definition) is 3. The highest BCUT2D eigenvalue weighted by Gasteiger charge is 2.04. The highest BCUT2D eigenvalue weighted by atomic mass is 32.2. The van der Waals surface area contributed by atoms with Crippen LogP contribution >= 0.6 is 11.8 Å². The van der Waals surface area contributed by atoms with Crippen molar-refractivity contribution >= 4 is 17.7 Å². The maximum atomic E-state index is 11.5. The Morgan fingerprint density at radius 3 is 2.82 bits per heavy atom. The average Bonchev–Trinajstić information content (AvgIpc) is 2.34. The Hall–Kier alpha value is -1.00. The smallest absolute Gasteiger partial charge is 0.221 e. The van der Waals surface area contributed by atoms with E-state index < -0.39 is 0 Å². The summed E-state index contributed by atoms with van der Waals surface area (Å²) < 4.78 is 0. The molecular formula is C13H20N2OS. The van der Waals surface area contributed by atoms with Gasteiger partial charge in [-0.1, -0.05) is 12.1 Å². The fourth-order valence-corrected chi connectivity index (χ4v) is 2.22. The van der Waals surface area contributed by atoms with E-state index in [1.807, 2.05) is 7.05 Å². The lowest BCUT2D eigenvalue weighted by Gasteiger charge is -2.10. The summed E-state index contributed by atoms with van der Waals surface area (Å²) in [6.07, 6.45) is 2.58. The summed E-state index contributed by atoms with van der Waals surface area (Å²) in [6.45, 7) is 3.41. The molecule has 94 valence electrons. The van der Waals surface area contributed by atoms with Gasteiger partial charge in [0.15, 0.2) is 0 Å². The zero-order valence-electron chi connectivity index (χ0n) is 10.7. The van der Waals surface area contributed by atoms with Gasteiger partial charge in [0.05, 0.1) is 0 Å². The molecule has 0 spiro atoms. The quantitative estimate of drug-likeness (QED) is 0.760. The number of nitrogens with one attached hydrogen (secondary N) is 2. The average molecular weight is 252 g/mol. The van der Waals surface area contributed by atoms with Gasteiger partial charge in [0.1, 0.15) is 0 Å². The molecule has 0 saturated carbocycles. The van der Waals surface area contributed by atoms with Crippen LogP contribution in [0.3, 0.4) is 0 Å². The Morgan fingerprint density at radius 2 is 2.18 bits per heavy atom. The Labute approximate surface area is 107 Å². The third-order valence-corrected chi connectivity index (χ3v) is 3.34. The minimum atomic E-state index is 0.0898. The van der Waals surface area contributed by atoms with Crippen LogP contribution in [0.25, 0.3) is 0 Å². The third-order valence-electron chi connectivity index (χ3n) is 2.52. The third kappa shape index (κ3) is 4.79. The van der Waals surface area contributed by atoms with Crippen molar-refractivity contribution in [3.8, 4) is 0 Å². The van der Waals surface area contributed by atoms with Crippen molar-refractivity contribution in [1.29, 1.82) is 0 Å². The molecule has 0 atom stereocenters. The molecular weight excluding hydrogens is 232 g/mol. The molecule has 0 heterocycles.